The molecule has 0 aliphatic carbocycles. The van der Waals surface area contributed by atoms with Gasteiger partial charge in [-0.15, -0.1) is 0 Å². The number of nitrogens with zero attached hydrogens (tertiary/aromatic N) is 3. The number of piperazine rings is 1. The van der Waals surface area contributed by atoms with Gasteiger partial charge in [0.15, 0.2) is 11.7 Å². The minimum absolute atomic E-state index is 0.0601. The zero-order chi connectivity index (χ0) is 19.8. The third-order valence-corrected chi connectivity index (χ3v) is 4.80. The molecular formula is C21H28N4O3. The molecule has 1 amide bonds. The van der Waals surface area contributed by atoms with Crippen molar-refractivity contribution in [2.45, 2.75) is 13.0 Å². The Labute approximate surface area is 166 Å². The highest BCUT2D eigenvalue weighted by Gasteiger charge is 2.25. The number of furan rings is 1. The van der Waals surface area contributed by atoms with Crippen LogP contribution in [0, 0.1) is 0 Å². The Morgan fingerprint density at radius 2 is 1.86 bits per heavy atom. The predicted molar refractivity (Wildman–Crippen MR) is 108 cm³/mol. The molecule has 1 saturated heterocycles. The number of carbonyl (C=O) groups excluding carboxylic acids is 1. The lowest BCUT2D eigenvalue weighted by Crippen LogP contribution is -2.53. The molecule has 0 saturated carbocycles. The summed E-state index contributed by atoms with van der Waals surface area (Å²) in [5, 5.41) is 3.35. The molecule has 1 aliphatic heterocycles. The fraction of sp³-hybridized carbons (Fsp3) is 0.429. The smallest absolute Gasteiger partial charge is 0.289 e. The number of hydrogen-bond acceptors (Lipinski definition) is 4. The minimum atomic E-state index is -0.0864. The number of methoxy groups -OCH3 is 1. The molecule has 1 aromatic carbocycles. The third-order valence-electron chi connectivity index (χ3n) is 4.80. The number of rotatable bonds is 6. The van der Waals surface area contributed by atoms with Gasteiger partial charge in [0.25, 0.3) is 5.91 Å². The summed E-state index contributed by atoms with van der Waals surface area (Å²) in [6, 6.07) is 13.5. The number of ether oxygens (including phenoxy) is 1. The van der Waals surface area contributed by atoms with Gasteiger partial charge in [-0.1, -0.05) is 30.3 Å². The number of guanidine groups is 1. The first-order valence-electron chi connectivity index (χ1n) is 9.66. The summed E-state index contributed by atoms with van der Waals surface area (Å²) >= 11 is 0. The van der Waals surface area contributed by atoms with Gasteiger partial charge in [-0.05, 0) is 24.6 Å². The maximum absolute atomic E-state index is 12.4. The Bertz CT molecular complexity index is 753. The molecule has 2 heterocycles. The Morgan fingerprint density at radius 3 is 2.46 bits per heavy atom. The first kappa shape index (κ1) is 19.9. The molecule has 150 valence electrons. The second-order valence-corrected chi connectivity index (χ2v) is 6.59. The molecule has 7 nitrogen and oxygen atoms in total. The maximum Gasteiger partial charge on any atom is 0.289 e. The second kappa shape index (κ2) is 9.94. The molecular weight excluding hydrogens is 356 g/mol. The lowest BCUT2D eigenvalue weighted by molar-refractivity contribution is 0.0657. The maximum atomic E-state index is 12.4. The first-order valence-corrected chi connectivity index (χ1v) is 9.66. The van der Waals surface area contributed by atoms with Crippen molar-refractivity contribution in [3.05, 3.63) is 60.1 Å². The number of carbonyl (C=O) groups is 1. The van der Waals surface area contributed by atoms with Gasteiger partial charge in [-0.2, -0.15) is 0 Å². The Hall–Kier alpha value is -2.80. The van der Waals surface area contributed by atoms with Gasteiger partial charge < -0.3 is 24.3 Å². The van der Waals surface area contributed by atoms with Gasteiger partial charge in [-0.3, -0.25) is 9.79 Å². The number of amides is 1. The molecule has 7 heteroatoms. The molecule has 1 atom stereocenters. The fourth-order valence-electron chi connectivity index (χ4n) is 3.26. The van der Waals surface area contributed by atoms with E-state index in [0.717, 1.165) is 31.2 Å². The minimum Gasteiger partial charge on any atom is -0.459 e. The van der Waals surface area contributed by atoms with Crippen molar-refractivity contribution in [1.82, 2.24) is 15.1 Å². The van der Waals surface area contributed by atoms with E-state index in [1.165, 1.54) is 6.26 Å². The highest BCUT2D eigenvalue weighted by molar-refractivity contribution is 5.91. The largest absolute Gasteiger partial charge is 0.459 e. The Balaban J connectivity index is 1.61. The van der Waals surface area contributed by atoms with E-state index in [2.05, 4.69) is 29.3 Å². The van der Waals surface area contributed by atoms with E-state index >= 15 is 0 Å². The van der Waals surface area contributed by atoms with Crippen LogP contribution in [0.2, 0.25) is 0 Å². The standard InChI is InChI=1S/C21H28N4O3/c1-3-22-21(23-16-19(27-2)17-8-5-4-6-9-17)25-13-11-24(12-14-25)20(26)18-10-7-15-28-18/h4-10,15,19H,3,11-14,16H2,1-2H3,(H,22,23). The van der Waals surface area contributed by atoms with Crippen molar-refractivity contribution in [2.24, 2.45) is 4.99 Å². The zero-order valence-electron chi connectivity index (χ0n) is 16.5. The van der Waals surface area contributed by atoms with E-state index in [0.29, 0.717) is 25.4 Å². The third kappa shape index (κ3) is 4.92. The molecule has 28 heavy (non-hydrogen) atoms. The van der Waals surface area contributed by atoms with E-state index < -0.39 is 0 Å². The van der Waals surface area contributed by atoms with Crippen molar-refractivity contribution >= 4 is 11.9 Å². The summed E-state index contributed by atoms with van der Waals surface area (Å²) in [5.74, 6) is 1.18. The predicted octanol–water partition coefficient (Wildman–Crippen LogP) is 2.39. The van der Waals surface area contributed by atoms with E-state index in [9.17, 15) is 4.79 Å². The van der Waals surface area contributed by atoms with Crippen molar-refractivity contribution < 1.29 is 13.9 Å². The van der Waals surface area contributed by atoms with E-state index in [1.807, 2.05) is 23.1 Å². The van der Waals surface area contributed by atoms with Crippen molar-refractivity contribution in [3.63, 3.8) is 0 Å². The molecule has 0 radical (unpaired) electrons. The van der Waals surface area contributed by atoms with Crippen LogP contribution in [0.25, 0.3) is 0 Å². The molecule has 0 bridgehead atoms. The van der Waals surface area contributed by atoms with Gasteiger partial charge >= 0.3 is 0 Å². The molecule has 0 spiro atoms. The summed E-state index contributed by atoms with van der Waals surface area (Å²) in [6.45, 7) is 6.09. The number of benzene rings is 1. The number of nitrogens with one attached hydrogen (secondary N) is 1. The van der Waals surface area contributed by atoms with Crippen molar-refractivity contribution in [1.29, 1.82) is 0 Å². The van der Waals surface area contributed by atoms with Crippen LogP contribution in [0.15, 0.2) is 58.1 Å². The van der Waals surface area contributed by atoms with Gasteiger partial charge in [0.2, 0.25) is 0 Å². The Kier molecular flexibility index (Phi) is 7.08. The van der Waals surface area contributed by atoms with E-state index in [4.69, 9.17) is 14.1 Å². The molecule has 1 aromatic heterocycles. The topological polar surface area (TPSA) is 70.3 Å². The monoisotopic (exact) mass is 384 g/mol. The van der Waals surface area contributed by atoms with Gasteiger partial charge in [0.1, 0.15) is 6.10 Å². The SMILES string of the molecule is CCNC(=NCC(OC)c1ccccc1)N1CCN(C(=O)c2ccco2)CC1. The van der Waals surface area contributed by atoms with Crippen LogP contribution in [0.5, 0.6) is 0 Å². The van der Waals surface area contributed by atoms with Gasteiger partial charge in [-0.25, -0.2) is 0 Å². The van der Waals surface area contributed by atoms with Crippen LogP contribution in [-0.4, -0.2) is 68.0 Å². The average Bonchev–Trinajstić information content (AvgIpc) is 3.29. The van der Waals surface area contributed by atoms with E-state index in [1.54, 1.807) is 19.2 Å². The number of aliphatic imine (C=N–C) groups is 1. The Morgan fingerprint density at radius 1 is 1.14 bits per heavy atom. The highest BCUT2D eigenvalue weighted by atomic mass is 16.5. The second-order valence-electron chi connectivity index (χ2n) is 6.59. The van der Waals surface area contributed by atoms with Gasteiger partial charge in [0.05, 0.1) is 12.8 Å². The van der Waals surface area contributed by atoms with Gasteiger partial charge in [0, 0.05) is 39.8 Å². The molecule has 1 aliphatic rings. The summed E-state index contributed by atoms with van der Waals surface area (Å²) in [7, 11) is 1.71. The summed E-state index contributed by atoms with van der Waals surface area (Å²) in [5.41, 5.74) is 1.11. The zero-order valence-corrected chi connectivity index (χ0v) is 16.5. The lowest BCUT2D eigenvalue weighted by Gasteiger charge is -2.36. The van der Waals surface area contributed by atoms with Crippen molar-refractivity contribution in [2.75, 3.05) is 46.4 Å². The van der Waals surface area contributed by atoms with Crippen LogP contribution in [0.4, 0.5) is 0 Å². The van der Waals surface area contributed by atoms with Crippen LogP contribution in [0.3, 0.4) is 0 Å². The number of hydrogen-bond donors (Lipinski definition) is 1. The molecule has 1 N–H and O–H groups in total. The molecule has 1 fully saturated rings. The first-order chi connectivity index (χ1) is 13.7. The van der Waals surface area contributed by atoms with Crippen LogP contribution in [0.1, 0.15) is 29.1 Å². The normalized spacial score (nSPS) is 16.1. The highest BCUT2D eigenvalue weighted by Crippen LogP contribution is 2.17. The summed E-state index contributed by atoms with van der Waals surface area (Å²) in [6.07, 6.45) is 1.44. The van der Waals surface area contributed by atoms with Crippen LogP contribution in [-0.2, 0) is 4.74 Å². The molecule has 3 rings (SSSR count). The fourth-order valence-corrected chi connectivity index (χ4v) is 3.26. The quantitative estimate of drug-likeness (QED) is 0.612. The van der Waals surface area contributed by atoms with Crippen LogP contribution < -0.4 is 5.32 Å². The molecule has 2 aromatic rings. The summed E-state index contributed by atoms with van der Waals surface area (Å²) in [4.78, 5) is 21.2. The molecule has 1 unspecified atom stereocenters. The lowest BCUT2D eigenvalue weighted by atomic mass is 10.1. The summed E-state index contributed by atoms with van der Waals surface area (Å²) < 4.78 is 10.9. The average molecular weight is 384 g/mol. The van der Waals surface area contributed by atoms with E-state index in [-0.39, 0.29) is 12.0 Å². The van der Waals surface area contributed by atoms with Crippen LogP contribution >= 0.6 is 0 Å². The van der Waals surface area contributed by atoms with Crippen molar-refractivity contribution in [3.8, 4) is 0 Å².